The number of nitrogens with zero attached hydrogens (tertiary/aromatic N) is 5. The third kappa shape index (κ3) is 3.84. The van der Waals surface area contributed by atoms with Crippen molar-refractivity contribution in [3.8, 4) is 23.1 Å². The quantitative estimate of drug-likeness (QED) is 0.467. The van der Waals surface area contributed by atoms with Crippen LogP contribution in [0.5, 0.6) is 0 Å². The first-order valence-electron chi connectivity index (χ1n) is 10.8. The highest BCUT2D eigenvalue weighted by Gasteiger charge is 2.26. The van der Waals surface area contributed by atoms with Gasteiger partial charge in [0.15, 0.2) is 0 Å². The van der Waals surface area contributed by atoms with Crippen molar-refractivity contribution in [2.75, 3.05) is 25.4 Å². The highest BCUT2D eigenvalue weighted by Crippen LogP contribution is 2.38. The molecular formula is C24H26N6OS. The minimum Gasteiger partial charge on any atom is -0.378 e. The van der Waals surface area contributed by atoms with E-state index in [4.69, 9.17) is 5.73 Å². The van der Waals surface area contributed by atoms with Crippen LogP contribution in [0.4, 0.5) is 5.95 Å². The first kappa shape index (κ1) is 20.9. The van der Waals surface area contributed by atoms with Crippen molar-refractivity contribution in [1.82, 2.24) is 24.4 Å². The second kappa shape index (κ2) is 7.85. The number of thiophene rings is 1. The molecule has 1 unspecified atom stereocenters. The summed E-state index contributed by atoms with van der Waals surface area (Å²) in [6.07, 6.45) is 5.17. The third-order valence-electron chi connectivity index (χ3n) is 5.88. The molecule has 4 aromatic rings. The Balaban J connectivity index is 1.73. The van der Waals surface area contributed by atoms with Gasteiger partial charge in [0.25, 0.3) is 0 Å². The average molecular weight is 447 g/mol. The summed E-state index contributed by atoms with van der Waals surface area (Å²) in [5.41, 5.74) is 9.35. The van der Waals surface area contributed by atoms with Crippen LogP contribution in [0.3, 0.4) is 0 Å². The molecule has 0 amide bonds. The lowest BCUT2D eigenvalue weighted by molar-refractivity contribution is 0.143. The molecule has 0 saturated carbocycles. The molecule has 0 spiro atoms. The number of nitrogens with two attached hydrogens (primary N) is 1. The fraction of sp³-hybridized carbons (Fsp3) is 0.375. The third-order valence-corrected chi connectivity index (χ3v) is 6.79. The van der Waals surface area contributed by atoms with E-state index in [0.29, 0.717) is 11.7 Å². The van der Waals surface area contributed by atoms with E-state index >= 15 is 0 Å². The number of likely N-dealkylation sites (tertiary alicyclic amines) is 1. The Morgan fingerprint density at radius 1 is 1.34 bits per heavy atom. The molecule has 0 aliphatic carbocycles. The largest absolute Gasteiger partial charge is 0.378 e. The number of anilines is 1. The maximum atomic E-state index is 10.0. The summed E-state index contributed by atoms with van der Waals surface area (Å²) in [5, 5.41) is 13.0. The zero-order valence-electron chi connectivity index (χ0n) is 18.5. The fourth-order valence-corrected chi connectivity index (χ4v) is 5.15. The number of likely N-dealkylation sites (N-methyl/N-ethyl adjacent to an activating group) is 1. The Hall–Kier alpha value is -2.99. The SMILES string of the molecule is CCN1CCC(n2cc(-c3nc(N)nc4ccsc34)c3cc(C#CC(C)(C)O)ncc32)C1. The van der Waals surface area contributed by atoms with E-state index < -0.39 is 5.60 Å². The number of aromatic nitrogens is 4. The Labute approximate surface area is 190 Å². The Kier molecular flexibility index (Phi) is 5.13. The molecule has 0 bridgehead atoms. The van der Waals surface area contributed by atoms with E-state index in [1.807, 2.05) is 23.7 Å². The van der Waals surface area contributed by atoms with Crippen molar-refractivity contribution in [3.05, 3.63) is 35.6 Å². The normalized spacial score (nSPS) is 17.2. The maximum absolute atomic E-state index is 10.0. The zero-order chi connectivity index (χ0) is 22.5. The number of hydrogen-bond acceptors (Lipinski definition) is 7. The molecule has 0 radical (unpaired) electrons. The molecule has 3 N–H and O–H groups in total. The molecule has 1 fully saturated rings. The number of pyridine rings is 1. The summed E-state index contributed by atoms with van der Waals surface area (Å²) in [6, 6.07) is 4.34. The van der Waals surface area contributed by atoms with Gasteiger partial charge in [-0.1, -0.05) is 12.8 Å². The van der Waals surface area contributed by atoms with Gasteiger partial charge in [-0.25, -0.2) is 15.0 Å². The van der Waals surface area contributed by atoms with Crippen LogP contribution in [0.2, 0.25) is 0 Å². The topological polar surface area (TPSA) is 93.1 Å². The molecule has 1 saturated heterocycles. The first-order valence-corrected chi connectivity index (χ1v) is 11.7. The minimum atomic E-state index is -1.08. The number of aliphatic hydroxyl groups is 1. The molecule has 0 aromatic carbocycles. The van der Waals surface area contributed by atoms with Crippen LogP contribution < -0.4 is 5.73 Å². The summed E-state index contributed by atoms with van der Waals surface area (Å²) in [6.45, 7) is 8.69. The number of nitrogen functional groups attached to an aromatic ring is 1. The van der Waals surface area contributed by atoms with Gasteiger partial charge in [0.2, 0.25) is 5.95 Å². The van der Waals surface area contributed by atoms with Crippen LogP contribution in [0, 0.1) is 11.8 Å². The van der Waals surface area contributed by atoms with Crippen molar-refractivity contribution in [2.24, 2.45) is 0 Å². The number of rotatable bonds is 3. The van der Waals surface area contributed by atoms with Gasteiger partial charge in [0.1, 0.15) is 11.3 Å². The van der Waals surface area contributed by atoms with Gasteiger partial charge >= 0.3 is 0 Å². The Bertz CT molecular complexity index is 1370. The smallest absolute Gasteiger partial charge is 0.221 e. The van der Waals surface area contributed by atoms with Gasteiger partial charge in [-0.15, -0.1) is 11.3 Å². The lowest BCUT2D eigenvalue weighted by Crippen LogP contribution is -2.20. The molecule has 7 nitrogen and oxygen atoms in total. The molecule has 1 aliphatic rings. The van der Waals surface area contributed by atoms with Gasteiger partial charge in [-0.05, 0) is 50.2 Å². The van der Waals surface area contributed by atoms with Crippen LogP contribution in [0.1, 0.15) is 38.9 Å². The number of fused-ring (bicyclic) bond motifs is 2. The lowest BCUT2D eigenvalue weighted by Gasteiger charge is -2.15. The fourth-order valence-electron chi connectivity index (χ4n) is 4.31. The molecular weight excluding hydrogens is 420 g/mol. The van der Waals surface area contributed by atoms with E-state index in [1.54, 1.807) is 25.2 Å². The summed E-state index contributed by atoms with van der Waals surface area (Å²) in [7, 11) is 0. The van der Waals surface area contributed by atoms with E-state index in [0.717, 1.165) is 58.4 Å². The van der Waals surface area contributed by atoms with Gasteiger partial charge in [-0.3, -0.25) is 0 Å². The average Bonchev–Trinajstić information content (AvgIpc) is 3.48. The summed E-state index contributed by atoms with van der Waals surface area (Å²) in [4.78, 5) is 16.1. The molecule has 164 valence electrons. The predicted octanol–water partition coefficient (Wildman–Crippen LogP) is 3.68. The minimum absolute atomic E-state index is 0.265. The standard InChI is InChI=1S/C24H26N6OS/c1-4-29-9-6-16(13-29)30-14-18(21-22-19(7-10-32-22)27-23(25)28-21)17-11-15(26-12-20(17)30)5-8-24(2,3)31/h7,10-12,14,16,31H,4,6,9,13H2,1-3H3,(H2,25,27,28). The second-order valence-electron chi connectivity index (χ2n) is 8.75. The van der Waals surface area contributed by atoms with Crippen LogP contribution in [0.15, 0.2) is 29.9 Å². The van der Waals surface area contributed by atoms with E-state index in [-0.39, 0.29) is 5.95 Å². The van der Waals surface area contributed by atoms with E-state index in [1.165, 1.54) is 0 Å². The van der Waals surface area contributed by atoms with Crippen LogP contribution in [0.25, 0.3) is 32.4 Å². The van der Waals surface area contributed by atoms with Crippen LogP contribution >= 0.6 is 11.3 Å². The molecule has 5 heterocycles. The van der Waals surface area contributed by atoms with Crippen LogP contribution in [-0.2, 0) is 0 Å². The van der Waals surface area contributed by atoms with Crippen LogP contribution in [-0.4, -0.2) is 54.8 Å². The predicted molar refractivity (Wildman–Crippen MR) is 129 cm³/mol. The lowest BCUT2D eigenvalue weighted by atomic mass is 10.1. The van der Waals surface area contributed by atoms with Crippen molar-refractivity contribution < 1.29 is 5.11 Å². The number of hydrogen-bond donors (Lipinski definition) is 2. The van der Waals surface area contributed by atoms with Crippen molar-refractivity contribution in [2.45, 2.75) is 38.8 Å². The molecule has 4 aromatic heterocycles. The Morgan fingerprint density at radius 3 is 2.94 bits per heavy atom. The first-order chi connectivity index (χ1) is 15.3. The Morgan fingerprint density at radius 2 is 2.19 bits per heavy atom. The molecule has 32 heavy (non-hydrogen) atoms. The van der Waals surface area contributed by atoms with Crippen molar-refractivity contribution in [3.63, 3.8) is 0 Å². The van der Waals surface area contributed by atoms with Gasteiger partial charge in [0.05, 0.1) is 27.6 Å². The maximum Gasteiger partial charge on any atom is 0.221 e. The zero-order valence-corrected chi connectivity index (χ0v) is 19.3. The summed E-state index contributed by atoms with van der Waals surface area (Å²) in [5.74, 6) is 6.13. The highest BCUT2D eigenvalue weighted by atomic mass is 32.1. The van der Waals surface area contributed by atoms with Gasteiger partial charge in [0, 0.05) is 36.3 Å². The second-order valence-corrected chi connectivity index (χ2v) is 9.66. The van der Waals surface area contributed by atoms with E-state index in [9.17, 15) is 5.11 Å². The van der Waals surface area contributed by atoms with Gasteiger partial charge in [-0.2, -0.15) is 0 Å². The monoisotopic (exact) mass is 446 g/mol. The molecule has 5 rings (SSSR count). The molecule has 8 heteroatoms. The summed E-state index contributed by atoms with van der Waals surface area (Å²) < 4.78 is 3.35. The summed E-state index contributed by atoms with van der Waals surface area (Å²) >= 11 is 1.61. The van der Waals surface area contributed by atoms with E-state index in [2.05, 4.69) is 49.4 Å². The molecule has 1 atom stereocenters. The van der Waals surface area contributed by atoms with Crippen molar-refractivity contribution in [1.29, 1.82) is 0 Å². The highest BCUT2D eigenvalue weighted by molar-refractivity contribution is 7.17. The van der Waals surface area contributed by atoms with Crippen molar-refractivity contribution >= 4 is 38.4 Å². The molecule has 1 aliphatic heterocycles. The van der Waals surface area contributed by atoms with Gasteiger partial charge < -0.3 is 20.3 Å².